The van der Waals surface area contributed by atoms with Crippen LogP contribution >= 0.6 is 0 Å². The summed E-state index contributed by atoms with van der Waals surface area (Å²) in [4.78, 5) is 0. The summed E-state index contributed by atoms with van der Waals surface area (Å²) in [7, 11) is 0. The molecule has 0 unspecified atom stereocenters. The molecule has 0 bridgehead atoms. The Bertz CT molecular complexity index is 293. The molecule has 0 radical (unpaired) electrons. The van der Waals surface area contributed by atoms with E-state index in [0.29, 0.717) is 0 Å². The maximum atomic E-state index is 11.3. The van der Waals surface area contributed by atoms with Crippen LogP contribution in [0.5, 0.6) is 0 Å². The Hall–Kier alpha value is -0.232. The van der Waals surface area contributed by atoms with Gasteiger partial charge >= 0.3 is 45.8 Å². The van der Waals surface area contributed by atoms with Crippen molar-refractivity contribution in [2.75, 3.05) is 0 Å². The fourth-order valence-electron chi connectivity index (χ4n) is 0.321. The number of hydrogen-bond donors (Lipinski definition) is 0. The summed E-state index contributed by atoms with van der Waals surface area (Å²) in [5.41, 5.74) is -9.75. The molecule has 0 fully saturated rings. The van der Waals surface area contributed by atoms with E-state index in [1.54, 1.807) is 0 Å². The second kappa shape index (κ2) is 7.34. The van der Waals surface area contributed by atoms with Gasteiger partial charge in [0.05, 0.1) is 11.2 Å². The van der Waals surface area contributed by atoms with Crippen molar-refractivity contribution in [2.45, 2.75) is 49.8 Å². The Morgan fingerprint density at radius 2 is 0.522 bits per heavy atom. The van der Waals surface area contributed by atoms with E-state index in [4.69, 9.17) is 0 Å². The van der Waals surface area contributed by atoms with Gasteiger partial charge in [-0.15, -0.1) is 0 Å². The number of rotatable bonds is 0. The zero-order chi connectivity index (χ0) is 19.0. The number of halogens is 12. The zero-order valence-corrected chi connectivity index (χ0v) is 12.8. The first-order valence-corrected chi connectivity index (χ1v) is 4.68. The molecule has 0 aliphatic heterocycles. The van der Waals surface area contributed by atoms with Gasteiger partial charge < -0.3 is 10.2 Å². The molecule has 140 valence electrons. The quantitative estimate of drug-likeness (QED) is 0.414. The van der Waals surface area contributed by atoms with Crippen molar-refractivity contribution < 1.29 is 84.0 Å². The van der Waals surface area contributed by atoms with Crippen molar-refractivity contribution in [1.82, 2.24) is 0 Å². The summed E-state index contributed by atoms with van der Waals surface area (Å²) >= 11 is 0. The van der Waals surface area contributed by atoms with Crippen LogP contribution in [0.3, 0.4) is 0 Å². The average molecular weight is 458 g/mol. The predicted octanol–water partition coefficient (Wildman–Crippen LogP) is 2.46. The Kier molecular flexibility index (Phi) is 8.81. The second-order valence-electron chi connectivity index (χ2n) is 4.06. The molecule has 0 atom stereocenters. The van der Waals surface area contributed by atoms with Crippen LogP contribution in [0.1, 0.15) is 13.8 Å². The van der Waals surface area contributed by atoms with Gasteiger partial charge in [0.1, 0.15) is 0 Å². The van der Waals surface area contributed by atoms with Crippen LogP contribution in [0.15, 0.2) is 0 Å². The second-order valence-corrected chi connectivity index (χ2v) is 4.06. The molecule has 0 aromatic heterocycles. The van der Waals surface area contributed by atoms with E-state index in [9.17, 15) is 62.9 Å². The van der Waals surface area contributed by atoms with Crippen molar-refractivity contribution in [3.63, 3.8) is 0 Å². The SMILES string of the molecule is CC([O-])(C(F)(F)F)C(F)(F)F.CC([O-])(C(F)(F)F)C(F)(F)F.[Mo+2]. The molecular weight excluding hydrogens is 452 g/mol. The van der Waals surface area contributed by atoms with E-state index in [0.717, 1.165) is 0 Å². The minimum Gasteiger partial charge on any atom is -0.837 e. The number of hydrogen-bond acceptors (Lipinski definition) is 2. The Labute approximate surface area is 134 Å². The summed E-state index contributed by atoms with van der Waals surface area (Å²) in [6, 6.07) is 0. The normalized spacial score (nSPS) is 14.6. The molecule has 0 aliphatic carbocycles. The first-order valence-electron chi connectivity index (χ1n) is 4.68. The largest absolute Gasteiger partial charge is 2.00 e. The maximum absolute atomic E-state index is 11.3. The minimum absolute atomic E-state index is 0. The van der Waals surface area contributed by atoms with Crippen LogP contribution in [0.2, 0.25) is 0 Å². The van der Waals surface area contributed by atoms with E-state index in [-0.39, 0.29) is 21.1 Å². The molecule has 0 N–H and O–H groups in total. The monoisotopic (exact) mass is 460 g/mol. The molecule has 2 nitrogen and oxygen atoms in total. The van der Waals surface area contributed by atoms with E-state index in [1.165, 1.54) is 0 Å². The van der Waals surface area contributed by atoms with Crippen molar-refractivity contribution in [3.8, 4) is 0 Å². The third kappa shape index (κ3) is 6.65. The van der Waals surface area contributed by atoms with E-state index in [1.807, 2.05) is 0 Å². The standard InChI is InChI=1S/2C4H3F6O.Mo/c2*1-2(11,3(5,6)7)4(8,9)10;/h2*1H3;/q2*-1;+2. The van der Waals surface area contributed by atoms with Gasteiger partial charge in [0.15, 0.2) is 0 Å². The molecule has 0 heterocycles. The first kappa shape index (κ1) is 27.6. The summed E-state index contributed by atoms with van der Waals surface area (Å²) in [5.74, 6) is 0. The van der Waals surface area contributed by atoms with Crippen molar-refractivity contribution >= 4 is 0 Å². The molecule has 0 rings (SSSR count). The first-order chi connectivity index (χ1) is 9.00. The van der Waals surface area contributed by atoms with E-state index in [2.05, 4.69) is 0 Å². The molecule has 0 saturated carbocycles. The topological polar surface area (TPSA) is 46.1 Å². The fraction of sp³-hybridized carbons (Fsp3) is 1.00. The van der Waals surface area contributed by atoms with Crippen LogP contribution in [0.25, 0.3) is 0 Å². The van der Waals surface area contributed by atoms with Crippen LogP contribution in [0, 0.1) is 0 Å². The van der Waals surface area contributed by atoms with Gasteiger partial charge in [-0.05, 0) is 0 Å². The van der Waals surface area contributed by atoms with Crippen molar-refractivity contribution in [3.05, 3.63) is 0 Å². The Morgan fingerprint density at radius 3 is 0.522 bits per heavy atom. The molecule has 23 heavy (non-hydrogen) atoms. The van der Waals surface area contributed by atoms with Gasteiger partial charge in [0.25, 0.3) is 0 Å². The van der Waals surface area contributed by atoms with Crippen molar-refractivity contribution in [2.24, 2.45) is 0 Å². The van der Waals surface area contributed by atoms with Gasteiger partial charge in [-0.1, -0.05) is 13.8 Å². The number of alkyl halides is 12. The van der Waals surface area contributed by atoms with E-state index < -0.39 is 49.8 Å². The van der Waals surface area contributed by atoms with Gasteiger partial charge in [-0.2, -0.15) is 52.7 Å². The molecule has 15 heteroatoms. The molecule has 0 saturated heterocycles. The zero-order valence-electron chi connectivity index (χ0n) is 10.8. The van der Waals surface area contributed by atoms with Crippen molar-refractivity contribution in [1.29, 1.82) is 0 Å². The van der Waals surface area contributed by atoms with Gasteiger partial charge in [-0.25, -0.2) is 0 Å². The summed E-state index contributed by atoms with van der Waals surface area (Å²) in [6.07, 6.45) is -23.2. The van der Waals surface area contributed by atoms with Crippen LogP contribution < -0.4 is 10.2 Å². The van der Waals surface area contributed by atoms with Crippen LogP contribution in [-0.4, -0.2) is 35.9 Å². The maximum Gasteiger partial charge on any atom is 2.00 e. The third-order valence-electron chi connectivity index (χ3n) is 2.16. The summed E-state index contributed by atoms with van der Waals surface area (Å²) in [5, 5.41) is 19.8. The van der Waals surface area contributed by atoms with Crippen LogP contribution in [-0.2, 0) is 21.1 Å². The van der Waals surface area contributed by atoms with Crippen LogP contribution in [0.4, 0.5) is 52.7 Å². The Balaban J connectivity index is -0.000000333. The third-order valence-corrected chi connectivity index (χ3v) is 2.16. The predicted molar refractivity (Wildman–Crippen MR) is 41.0 cm³/mol. The Morgan fingerprint density at radius 1 is 0.435 bits per heavy atom. The van der Waals surface area contributed by atoms with Gasteiger partial charge in [0.2, 0.25) is 0 Å². The molecule has 0 spiro atoms. The molecule has 0 aromatic rings. The summed E-state index contributed by atoms with van der Waals surface area (Å²) < 4.78 is 136. The molecule has 0 amide bonds. The summed E-state index contributed by atoms with van der Waals surface area (Å²) in [6.45, 7) is -0.903. The molecular formula is C8H6F12MoO2. The van der Waals surface area contributed by atoms with Gasteiger partial charge in [0, 0.05) is 0 Å². The smallest absolute Gasteiger partial charge is 0.837 e. The minimum atomic E-state index is -5.80. The average Bonchev–Trinajstić information content (AvgIpc) is 2.10. The molecule has 0 aromatic carbocycles. The molecule has 0 aliphatic rings. The fourth-order valence-corrected chi connectivity index (χ4v) is 0.321. The van der Waals surface area contributed by atoms with Gasteiger partial charge in [-0.3, -0.25) is 0 Å². The van der Waals surface area contributed by atoms with E-state index >= 15 is 0 Å².